The van der Waals surface area contributed by atoms with Gasteiger partial charge in [0.25, 0.3) is 0 Å². The average molecular weight is 362 g/mol. The Hall–Kier alpha value is -2.52. The number of thiophene rings is 1. The van der Waals surface area contributed by atoms with Gasteiger partial charge in [0.2, 0.25) is 0 Å². The first-order chi connectivity index (χ1) is 12.6. The molecular weight excluding hydrogens is 340 g/mol. The zero-order valence-corrected chi connectivity index (χ0v) is 16.3. The van der Waals surface area contributed by atoms with Crippen LogP contribution in [-0.2, 0) is 5.41 Å². The lowest BCUT2D eigenvalue weighted by Gasteiger charge is -2.24. The molecule has 0 amide bonds. The van der Waals surface area contributed by atoms with Crippen molar-refractivity contribution in [2.45, 2.75) is 19.3 Å². The van der Waals surface area contributed by atoms with E-state index in [0.717, 1.165) is 11.5 Å². The van der Waals surface area contributed by atoms with Gasteiger partial charge in [0, 0.05) is 10.3 Å². The highest BCUT2D eigenvalue weighted by atomic mass is 32.1. The molecule has 2 nitrogen and oxygen atoms in total. The first-order valence-electron chi connectivity index (χ1n) is 8.68. The van der Waals surface area contributed by atoms with Crippen LogP contribution >= 0.6 is 11.3 Å². The van der Waals surface area contributed by atoms with Crippen molar-refractivity contribution in [1.82, 2.24) is 0 Å². The Morgan fingerprint density at radius 2 is 1.27 bits per heavy atom. The maximum absolute atomic E-state index is 5.34. The second kappa shape index (κ2) is 6.33. The third-order valence-electron chi connectivity index (χ3n) is 5.13. The predicted molar refractivity (Wildman–Crippen MR) is 109 cm³/mol. The molecule has 1 aromatic heterocycles. The van der Waals surface area contributed by atoms with Crippen LogP contribution in [0.5, 0.6) is 11.5 Å². The van der Waals surface area contributed by atoms with Gasteiger partial charge in [0.05, 0.1) is 14.2 Å². The summed E-state index contributed by atoms with van der Waals surface area (Å²) in [4.78, 5) is 1.43. The summed E-state index contributed by atoms with van der Waals surface area (Å²) in [5.74, 6) is 1.76. The van der Waals surface area contributed by atoms with E-state index >= 15 is 0 Å². The van der Waals surface area contributed by atoms with Crippen LogP contribution < -0.4 is 9.47 Å². The number of hydrogen-bond acceptors (Lipinski definition) is 3. The normalized spacial score (nSPS) is 15.1. The Balaban J connectivity index is 1.95. The third-order valence-corrected chi connectivity index (χ3v) is 6.37. The van der Waals surface area contributed by atoms with Crippen LogP contribution in [0.4, 0.5) is 0 Å². The number of ether oxygens (including phenoxy) is 2. The van der Waals surface area contributed by atoms with E-state index in [9.17, 15) is 0 Å². The monoisotopic (exact) mass is 362 g/mol. The van der Waals surface area contributed by atoms with Crippen LogP contribution in [0.2, 0.25) is 0 Å². The summed E-state index contributed by atoms with van der Waals surface area (Å²) in [5.41, 5.74) is 6.46. The maximum Gasteiger partial charge on any atom is 0.118 e. The summed E-state index contributed by atoms with van der Waals surface area (Å²) >= 11 is 1.84. The van der Waals surface area contributed by atoms with Gasteiger partial charge in [0.15, 0.2) is 0 Å². The van der Waals surface area contributed by atoms with Crippen LogP contribution in [0.3, 0.4) is 0 Å². The maximum atomic E-state index is 5.34. The molecule has 0 saturated carbocycles. The molecule has 0 saturated heterocycles. The van der Waals surface area contributed by atoms with E-state index in [0.29, 0.717) is 0 Å². The lowest BCUT2D eigenvalue weighted by atomic mass is 9.81. The summed E-state index contributed by atoms with van der Waals surface area (Å²) in [7, 11) is 3.40. The molecule has 1 heterocycles. The van der Waals surface area contributed by atoms with Crippen LogP contribution in [0, 0.1) is 0 Å². The van der Waals surface area contributed by atoms with Crippen molar-refractivity contribution in [2.24, 2.45) is 0 Å². The van der Waals surface area contributed by atoms with Crippen molar-refractivity contribution in [3.8, 4) is 11.5 Å². The number of rotatable bonds is 4. The van der Waals surface area contributed by atoms with Crippen LogP contribution in [-0.4, -0.2) is 14.2 Å². The van der Waals surface area contributed by atoms with E-state index in [-0.39, 0.29) is 5.41 Å². The first-order valence-corrected chi connectivity index (χ1v) is 9.56. The van der Waals surface area contributed by atoms with Gasteiger partial charge in [-0.15, -0.1) is 11.3 Å². The van der Waals surface area contributed by atoms with Gasteiger partial charge in [0.1, 0.15) is 11.5 Å². The number of allylic oxidation sites excluding steroid dienone is 1. The molecule has 0 spiro atoms. The molecule has 0 N–H and O–H groups in total. The smallest absolute Gasteiger partial charge is 0.118 e. The number of hydrogen-bond donors (Lipinski definition) is 0. The van der Waals surface area contributed by atoms with Crippen LogP contribution in [0.15, 0.2) is 60.0 Å². The summed E-state index contributed by atoms with van der Waals surface area (Å²) in [6.45, 7) is 4.64. The molecular formula is C23H22O2S. The molecule has 0 atom stereocenters. The summed E-state index contributed by atoms with van der Waals surface area (Å²) in [6, 6.07) is 19.0. The minimum absolute atomic E-state index is 0.0344. The first kappa shape index (κ1) is 16.9. The fourth-order valence-electron chi connectivity index (χ4n) is 3.87. The molecule has 0 radical (unpaired) electrons. The molecule has 0 bridgehead atoms. The highest BCUT2D eigenvalue weighted by molar-refractivity contribution is 7.10. The lowest BCUT2D eigenvalue weighted by molar-refractivity contribution is 0.414. The average Bonchev–Trinajstić information content (AvgIpc) is 3.23. The SMILES string of the molecule is COc1ccc(C2=C(c3ccc(OC)cc3)C(C)(C)c3sccc32)cc1. The summed E-state index contributed by atoms with van der Waals surface area (Å²) in [5, 5.41) is 2.20. The van der Waals surface area contributed by atoms with Crippen molar-refractivity contribution in [1.29, 1.82) is 0 Å². The topological polar surface area (TPSA) is 18.5 Å². The van der Waals surface area contributed by atoms with Crippen molar-refractivity contribution in [3.05, 3.63) is 81.5 Å². The van der Waals surface area contributed by atoms with E-state index < -0.39 is 0 Å². The fraction of sp³-hybridized carbons (Fsp3) is 0.217. The molecule has 0 unspecified atom stereocenters. The highest BCUT2D eigenvalue weighted by Gasteiger charge is 2.40. The zero-order chi connectivity index (χ0) is 18.3. The molecule has 0 aliphatic heterocycles. The Bertz CT molecular complexity index is 960. The van der Waals surface area contributed by atoms with Gasteiger partial charge in [-0.05, 0) is 63.5 Å². The van der Waals surface area contributed by atoms with Crippen molar-refractivity contribution in [3.63, 3.8) is 0 Å². The molecule has 132 valence electrons. The van der Waals surface area contributed by atoms with Crippen LogP contribution in [0.1, 0.15) is 35.4 Å². The van der Waals surface area contributed by atoms with E-state index in [1.54, 1.807) is 14.2 Å². The summed E-state index contributed by atoms with van der Waals surface area (Å²) in [6.07, 6.45) is 0. The van der Waals surface area contributed by atoms with Gasteiger partial charge in [-0.3, -0.25) is 0 Å². The quantitative estimate of drug-likeness (QED) is 0.565. The Labute approximate surface area is 158 Å². The molecule has 1 aliphatic rings. The molecule has 26 heavy (non-hydrogen) atoms. The van der Waals surface area contributed by atoms with Gasteiger partial charge in [-0.25, -0.2) is 0 Å². The Morgan fingerprint density at radius 1 is 0.731 bits per heavy atom. The molecule has 4 rings (SSSR count). The van der Waals surface area contributed by atoms with Gasteiger partial charge >= 0.3 is 0 Å². The minimum atomic E-state index is -0.0344. The molecule has 3 aromatic rings. The molecule has 2 aromatic carbocycles. The summed E-state index contributed by atoms with van der Waals surface area (Å²) < 4.78 is 10.7. The van der Waals surface area contributed by atoms with Crippen LogP contribution in [0.25, 0.3) is 11.1 Å². The number of benzene rings is 2. The number of methoxy groups -OCH3 is 2. The molecule has 0 fully saturated rings. The second-order valence-electron chi connectivity index (χ2n) is 7.00. The van der Waals surface area contributed by atoms with E-state index in [1.807, 2.05) is 35.6 Å². The molecule has 1 aliphatic carbocycles. The number of fused-ring (bicyclic) bond motifs is 1. The van der Waals surface area contributed by atoms with Gasteiger partial charge in [-0.2, -0.15) is 0 Å². The van der Waals surface area contributed by atoms with Gasteiger partial charge < -0.3 is 9.47 Å². The van der Waals surface area contributed by atoms with Crippen molar-refractivity contribution >= 4 is 22.5 Å². The molecule has 3 heteroatoms. The minimum Gasteiger partial charge on any atom is -0.497 e. The zero-order valence-electron chi connectivity index (χ0n) is 15.5. The third kappa shape index (κ3) is 2.55. The Morgan fingerprint density at radius 3 is 1.81 bits per heavy atom. The predicted octanol–water partition coefficient (Wildman–Crippen LogP) is 6.02. The highest BCUT2D eigenvalue weighted by Crippen LogP contribution is 2.55. The fourth-order valence-corrected chi connectivity index (χ4v) is 4.91. The van der Waals surface area contributed by atoms with Crippen molar-refractivity contribution in [2.75, 3.05) is 14.2 Å². The van der Waals surface area contributed by atoms with E-state index in [1.165, 1.54) is 32.7 Å². The Kier molecular flexibility index (Phi) is 4.12. The second-order valence-corrected chi connectivity index (χ2v) is 7.91. The van der Waals surface area contributed by atoms with Gasteiger partial charge in [-0.1, -0.05) is 38.1 Å². The standard InChI is InChI=1S/C23H22O2S/c1-23(2)21(16-7-11-18(25-4)12-8-16)20(19-13-14-26-22(19)23)15-5-9-17(24-3)10-6-15/h5-14H,1-4H3. The lowest BCUT2D eigenvalue weighted by Crippen LogP contribution is -2.15. The van der Waals surface area contributed by atoms with E-state index in [4.69, 9.17) is 9.47 Å². The largest absolute Gasteiger partial charge is 0.497 e. The van der Waals surface area contributed by atoms with Crippen molar-refractivity contribution < 1.29 is 9.47 Å². The van der Waals surface area contributed by atoms with E-state index in [2.05, 4.69) is 49.6 Å².